The highest BCUT2D eigenvalue weighted by Gasteiger charge is 2.43. The van der Waals surface area contributed by atoms with E-state index in [0.29, 0.717) is 23.3 Å². The molecule has 162 valence electrons. The number of nitrogens with one attached hydrogen (secondary N) is 1. The number of rotatable bonds is 7. The normalized spacial score (nSPS) is 22.7. The number of sulfone groups is 1. The summed E-state index contributed by atoms with van der Waals surface area (Å²) in [6, 6.07) is 12.8. The van der Waals surface area contributed by atoms with E-state index in [0.717, 1.165) is 24.0 Å². The third-order valence-electron chi connectivity index (χ3n) is 5.99. The van der Waals surface area contributed by atoms with Crippen LogP contribution in [0.3, 0.4) is 0 Å². The van der Waals surface area contributed by atoms with Gasteiger partial charge in [0, 0.05) is 5.56 Å². The van der Waals surface area contributed by atoms with Gasteiger partial charge in [0.25, 0.3) is 0 Å². The first-order chi connectivity index (χ1) is 14.3. The monoisotopic (exact) mass is 429 g/mol. The Balaban J connectivity index is 2.31. The van der Waals surface area contributed by atoms with E-state index in [1.54, 1.807) is 12.1 Å². The molecule has 5 nitrogen and oxygen atoms in total. The van der Waals surface area contributed by atoms with Crippen molar-refractivity contribution in [2.45, 2.75) is 56.2 Å². The smallest absolute Gasteiger partial charge is 0.180 e. The summed E-state index contributed by atoms with van der Waals surface area (Å²) in [4.78, 5) is 0.244. The number of hydrogen-bond acceptors (Lipinski definition) is 5. The largest absolute Gasteiger partial charge is 0.496 e. The predicted octanol–water partition coefficient (Wildman–Crippen LogP) is 4.16. The molecule has 0 aromatic heterocycles. The zero-order valence-electron chi connectivity index (χ0n) is 17.9. The fourth-order valence-electron chi connectivity index (χ4n) is 4.22. The van der Waals surface area contributed by atoms with Crippen LogP contribution in [0.5, 0.6) is 5.75 Å². The molecular weight excluding hydrogens is 398 g/mol. The van der Waals surface area contributed by atoms with Crippen molar-refractivity contribution in [2.24, 2.45) is 0 Å². The van der Waals surface area contributed by atoms with Crippen LogP contribution >= 0.6 is 0 Å². The van der Waals surface area contributed by atoms with Crippen molar-refractivity contribution in [3.05, 3.63) is 71.3 Å². The molecule has 0 bridgehead atoms. The van der Waals surface area contributed by atoms with Gasteiger partial charge in [0.05, 0.1) is 35.9 Å². The quantitative estimate of drug-likeness (QED) is 0.647. The molecule has 2 atom stereocenters. The van der Waals surface area contributed by atoms with Gasteiger partial charge in [-0.25, -0.2) is 8.42 Å². The highest BCUT2D eigenvalue weighted by molar-refractivity contribution is 7.91. The lowest BCUT2D eigenvalue weighted by Crippen LogP contribution is -2.51. The van der Waals surface area contributed by atoms with Crippen molar-refractivity contribution in [3.63, 3.8) is 0 Å². The molecular formula is C24H31NO4S. The summed E-state index contributed by atoms with van der Waals surface area (Å²) in [5.41, 5.74) is 2.12. The molecule has 3 rings (SSSR count). The molecule has 0 radical (unpaired) electrons. The van der Waals surface area contributed by atoms with Crippen LogP contribution in [0, 0.1) is 0 Å². The Morgan fingerprint density at radius 1 is 1.30 bits per heavy atom. The van der Waals surface area contributed by atoms with Gasteiger partial charge in [-0.1, -0.05) is 62.2 Å². The van der Waals surface area contributed by atoms with Crippen LogP contribution in [0.15, 0.2) is 59.5 Å². The Morgan fingerprint density at radius 3 is 2.57 bits per heavy atom. The van der Waals surface area contributed by atoms with Crippen LogP contribution in [0.4, 0.5) is 0 Å². The lowest BCUT2D eigenvalue weighted by atomic mass is 9.85. The maximum atomic E-state index is 13.6. The standard InChI is InChI=1S/C24H31NO4S/c1-5-6-12-24(17(2)3)16-30(27,28)22-13-19(15-26)21(29-4)14-20(22)23(25-24)18-10-8-7-9-11-18/h7-11,13-14,23,25-26H,2,5-6,12,15-16H2,1,3-4H3. The number of ether oxygens (including phenoxy) is 1. The molecule has 6 heteroatoms. The maximum absolute atomic E-state index is 13.6. The minimum atomic E-state index is -3.65. The third kappa shape index (κ3) is 4.17. The summed E-state index contributed by atoms with van der Waals surface area (Å²) in [6.45, 7) is 7.88. The van der Waals surface area contributed by atoms with E-state index in [1.807, 2.05) is 37.3 Å². The van der Waals surface area contributed by atoms with Gasteiger partial charge in [-0.05, 0) is 36.6 Å². The summed E-state index contributed by atoms with van der Waals surface area (Å²) in [5.74, 6) is 0.411. The Morgan fingerprint density at radius 2 is 2.00 bits per heavy atom. The van der Waals surface area contributed by atoms with Crippen LogP contribution in [0.25, 0.3) is 0 Å². The summed E-state index contributed by atoms with van der Waals surface area (Å²) in [5, 5.41) is 13.5. The second-order valence-corrected chi connectivity index (χ2v) is 10.0. The van der Waals surface area contributed by atoms with Crippen LogP contribution < -0.4 is 10.1 Å². The molecule has 1 aliphatic rings. The van der Waals surface area contributed by atoms with Gasteiger partial charge in [-0.15, -0.1) is 0 Å². The zero-order chi connectivity index (χ0) is 21.9. The molecule has 2 unspecified atom stereocenters. The first kappa shape index (κ1) is 22.5. The van der Waals surface area contributed by atoms with E-state index in [4.69, 9.17) is 4.74 Å². The number of unbranched alkanes of at least 4 members (excludes halogenated alkanes) is 1. The van der Waals surface area contributed by atoms with Gasteiger partial charge in [-0.3, -0.25) is 5.32 Å². The molecule has 0 fully saturated rings. The van der Waals surface area contributed by atoms with E-state index in [2.05, 4.69) is 18.8 Å². The topological polar surface area (TPSA) is 75.6 Å². The van der Waals surface area contributed by atoms with Crippen molar-refractivity contribution < 1.29 is 18.3 Å². The Kier molecular flexibility index (Phi) is 6.70. The minimum Gasteiger partial charge on any atom is -0.496 e. The average molecular weight is 430 g/mol. The van der Waals surface area contributed by atoms with Crippen molar-refractivity contribution in [1.82, 2.24) is 5.32 Å². The van der Waals surface area contributed by atoms with Crippen molar-refractivity contribution in [3.8, 4) is 5.75 Å². The van der Waals surface area contributed by atoms with E-state index in [9.17, 15) is 13.5 Å². The van der Waals surface area contributed by atoms with Crippen molar-refractivity contribution in [1.29, 1.82) is 0 Å². The van der Waals surface area contributed by atoms with Crippen LogP contribution in [0.1, 0.15) is 55.8 Å². The molecule has 0 amide bonds. The van der Waals surface area contributed by atoms with E-state index in [-0.39, 0.29) is 23.3 Å². The second-order valence-electron chi connectivity index (χ2n) is 8.07. The molecule has 0 spiro atoms. The molecule has 30 heavy (non-hydrogen) atoms. The van der Waals surface area contributed by atoms with Gasteiger partial charge in [0.2, 0.25) is 0 Å². The van der Waals surface area contributed by atoms with E-state index in [1.165, 1.54) is 7.11 Å². The number of benzene rings is 2. The van der Waals surface area contributed by atoms with Gasteiger partial charge >= 0.3 is 0 Å². The molecule has 1 aliphatic heterocycles. The van der Waals surface area contributed by atoms with Crippen LogP contribution in [-0.4, -0.2) is 31.9 Å². The van der Waals surface area contributed by atoms with Crippen molar-refractivity contribution in [2.75, 3.05) is 12.9 Å². The van der Waals surface area contributed by atoms with Gasteiger partial charge in [-0.2, -0.15) is 0 Å². The molecule has 2 N–H and O–H groups in total. The average Bonchev–Trinajstić information content (AvgIpc) is 2.84. The lowest BCUT2D eigenvalue weighted by Gasteiger charge is -2.37. The fourth-order valence-corrected chi connectivity index (χ4v) is 6.35. The highest BCUT2D eigenvalue weighted by Crippen LogP contribution is 2.41. The minimum absolute atomic E-state index is 0.0666. The molecule has 1 heterocycles. The number of methoxy groups -OCH3 is 1. The first-order valence-corrected chi connectivity index (χ1v) is 12.0. The summed E-state index contributed by atoms with van der Waals surface area (Å²) in [6.07, 6.45) is 2.53. The van der Waals surface area contributed by atoms with Gasteiger partial charge in [0.15, 0.2) is 9.84 Å². The van der Waals surface area contributed by atoms with Crippen LogP contribution in [0.2, 0.25) is 0 Å². The van der Waals surface area contributed by atoms with E-state index >= 15 is 0 Å². The Labute approximate surface area is 179 Å². The molecule has 0 aliphatic carbocycles. The molecule has 0 saturated heterocycles. The predicted molar refractivity (Wildman–Crippen MR) is 119 cm³/mol. The maximum Gasteiger partial charge on any atom is 0.180 e. The number of fused-ring (bicyclic) bond motifs is 1. The summed E-state index contributed by atoms with van der Waals surface area (Å²) >= 11 is 0. The van der Waals surface area contributed by atoms with Crippen LogP contribution in [-0.2, 0) is 16.4 Å². The van der Waals surface area contributed by atoms with Gasteiger partial charge in [0.1, 0.15) is 5.75 Å². The summed E-state index contributed by atoms with van der Waals surface area (Å²) < 4.78 is 32.7. The molecule has 2 aromatic carbocycles. The van der Waals surface area contributed by atoms with Gasteiger partial charge < -0.3 is 9.84 Å². The molecule has 2 aromatic rings. The van der Waals surface area contributed by atoms with E-state index < -0.39 is 15.4 Å². The number of aliphatic hydroxyl groups is 1. The number of hydrogen-bond donors (Lipinski definition) is 2. The summed E-state index contributed by atoms with van der Waals surface area (Å²) in [7, 11) is -2.13. The third-order valence-corrected chi connectivity index (χ3v) is 7.89. The lowest BCUT2D eigenvalue weighted by molar-refractivity contribution is 0.273. The van der Waals surface area contributed by atoms with Crippen molar-refractivity contribution >= 4 is 9.84 Å². The SMILES string of the molecule is C=C(C)C1(CCCC)CS(=O)(=O)c2cc(CO)c(OC)cc2C(c2ccccc2)N1. The second kappa shape index (κ2) is 8.92. The Bertz CT molecular complexity index is 1020. The Hall–Kier alpha value is -2.15. The fraction of sp³-hybridized carbons (Fsp3) is 0.417. The zero-order valence-corrected chi connectivity index (χ0v) is 18.8. The first-order valence-electron chi connectivity index (χ1n) is 10.3. The number of aliphatic hydroxyl groups excluding tert-OH is 1. The molecule has 0 saturated carbocycles. The highest BCUT2D eigenvalue weighted by atomic mass is 32.2.